The SMILES string of the molecule is CCCN1CCC(CNC(=NC)NCc2nc(C)c(C)o2)C1. The Balaban J connectivity index is 1.71. The van der Waals surface area contributed by atoms with Gasteiger partial charge in [0.1, 0.15) is 5.76 Å². The van der Waals surface area contributed by atoms with Crippen molar-refractivity contribution >= 4 is 5.96 Å². The van der Waals surface area contributed by atoms with Crippen molar-refractivity contribution in [1.29, 1.82) is 0 Å². The first-order chi connectivity index (χ1) is 10.6. The Labute approximate surface area is 133 Å². The van der Waals surface area contributed by atoms with Gasteiger partial charge in [-0.25, -0.2) is 4.98 Å². The molecule has 1 atom stereocenters. The number of oxazole rings is 1. The second-order valence-corrected chi connectivity index (χ2v) is 6.01. The summed E-state index contributed by atoms with van der Waals surface area (Å²) in [6.07, 6.45) is 2.50. The summed E-state index contributed by atoms with van der Waals surface area (Å²) in [5, 5.41) is 6.66. The van der Waals surface area contributed by atoms with Crippen molar-refractivity contribution in [2.75, 3.05) is 33.2 Å². The number of hydrogen-bond donors (Lipinski definition) is 2. The first-order valence-electron chi connectivity index (χ1n) is 8.22. The summed E-state index contributed by atoms with van der Waals surface area (Å²) in [5.74, 6) is 3.09. The number of rotatable bonds is 6. The highest BCUT2D eigenvalue weighted by molar-refractivity contribution is 5.79. The fourth-order valence-corrected chi connectivity index (χ4v) is 2.83. The van der Waals surface area contributed by atoms with E-state index in [1.165, 1.54) is 32.5 Å². The molecular formula is C16H29N5O. The zero-order valence-corrected chi connectivity index (χ0v) is 14.3. The minimum atomic E-state index is 0.557. The van der Waals surface area contributed by atoms with Gasteiger partial charge in [-0.15, -0.1) is 0 Å². The number of aromatic nitrogens is 1. The van der Waals surface area contributed by atoms with E-state index >= 15 is 0 Å². The van der Waals surface area contributed by atoms with Gasteiger partial charge in [-0.2, -0.15) is 0 Å². The van der Waals surface area contributed by atoms with Crippen LogP contribution >= 0.6 is 0 Å². The minimum Gasteiger partial charge on any atom is -0.444 e. The molecule has 6 heteroatoms. The average Bonchev–Trinajstić information content (AvgIpc) is 3.07. The van der Waals surface area contributed by atoms with Crippen LogP contribution in [0.5, 0.6) is 0 Å². The molecule has 0 aromatic carbocycles. The summed E-state index contributed by atoms with van der Waals surface area (Å²) in [6, 6.07) is 0. The predicted molar refractivity (Wildman–Crippen MR) is 89.0 cm³/mol. The van der Waals surface area contributed by atoms with E-state index in [0.717, 1.165) is 24.0 Å². The molecule has 1 aromatic rings. The van der Waals surface area contributed by atoms with Crippen LogP contribution in [0.4, 0.5) is 0 Å². The maximum Gasteiger partial charge on any atom is 0.214 e. The summed E-state index contributed by atoms with van der Waals surface area (Å²) >= 11 is 0. The second-order valence-electron chi connectivity index (χ2n) is 6.01. The van der Waals surface area contributed by atoms with Crippen LogP contribution in [0, 0.1) is 19.8 Å². The zero-order valence-electron chi connectivity index (χ0n) is 14.3. The molecule has 0 amide bonds. The summed E-state index contributed by atoms with van der Waals surface area (Å²) in [6.45, 7) is 11.3. The maximum atomic E-state index is 5.57. The van der Waals surface area contributed by atoms with Crippen molar-refractivity contribution in [2.24, 2.45) is 10.9 Å². The first-order valence-corrected chi connectivity index (χ1v) is 8.22. The molecule has 2 N–H and O–H groups in total. The molecule has 1 aliphatic heterocycles. The molecule has 1 unspecified atom stereocenters. The predicted octanol–water partition coefficient (Wildman–Crippen LogP) is 1.69. The Morgan fingerprint density at radius 2 is 2.23 bits per heavy atom. The third kappa shape index (κ3) is 4.73. The lowest BCUT2D eigenvalue weighted by molar-refractivity contribution is 0.324. The van der Waals surface area contributed by atoms with Crippen molar-refractivity contribution in [3.8, 4) is 0 Å². The van der Waals surface area contributed by atoms with E-state index in [2.05, 4.69) is 32.4 Å². The molecule has 1 aliphatic rings. The normalized spacial score (nSPS) is 19.6. The molecular weight excluding hydrogens is 278 g/mol. The molecule has 1 saturated heterocycles. The van der Waals surface area contributed by atoms with Crippen LogP contribution in [0.3, 0.4) is 0 Å². The van der Waals surface area contributed by atoms with Gasteiger partial charge in [0.05, 0.1) is 12.2 Å². The Hall–Kier alpha value is -1.56. The third-order valence-corrected chi connectivity index (χ3v) is 4.17. The Morgan fingerprint density at radius 1 is 1.41 bits per heavy atom. The Bertz CT molecular complexity index is 477. The van der Waals surface area contributed by atoms with Gasteiger partial charge in [-0.1, -0.05) is 6.92 Å². The first kappa shape index (κ1) is 16.8. The van der Waals surface area contributed by atoms with Crippen molar-refractivity contribution in [2.45, 2.75) is 40.2 Å². The summed E-state index contributed by atoms with van der Waals surface area (Å²) in [7, 11) is 1.79. The highest BCUT2D eigenvalue weighted by Crippen LogP contribution is 2.15. The molecule has 124 valence electrons. The van der Waals surface area contributed by atoms with E-state index in [9.17, 15) is 0 Å². The Morgan fingerprint density at radius 3 is 2.86 bits per heavy atom. The highest BCUT2D eigenvalue weighted by Gasteiger charge is 2.21. The van der Waals surface area contributed by atoms with E-state index in [-0.39, 0.29) is 0 Å². The molecule has 1 fully saturated rings. The van der Waals surface area contributed by atoms with Gasteiger partial charge in [-0.05, 0) is 45.7 Å². The van der Waals surface area contributed by atoms with Crippen LogP contribution in [-0.4, -0.2) is 49.1 Å². The van der Waals surface area contributed by atoms with Crippen molar-refractivity contribution in [3.63, 3.8) is 0 Å². The smallest absolute Gasteiger partial charge is 0.214 e. The average molecular weight is 307 g/mol. The van der Waals surface area contributed by atoms with Gasteiger partial charge in [0, 0.05) is 20.1 Å². The van der Waals surface area contributed by atoms with Crippen molar-refractivity contribution in [3.05, 3.63) is 17.3 Å². The van der Waals surface area contributed by atoms with E-state index in [1.807, 2.05) is 13.8 Å². The second kappa shape index (κ2) is 8.17. The molecule has 1 aromatic heterocycles. The molecule has 22 heavy (non-hydrogen) atoms. The largest absolute Gasteiger partial charge is 0.444 e. The molecule has 0 bridgehead atoms. The number of nitrogens with zero attached hydrogens (tertiary/aromatic N) is 3. The number of aryl methyl sites for hydroxylation is 2. The zero-order chi connectivity index (χ0) is 15.9. The maximum absolute atomic E-state index is 5.57. The van der Waals surface area contributed by atoms with Gasteiger partial charge >= 0.3 is 0 Å². The van der Waals surface area contributed by atoms with E-state index in [1.54, 1.807) is 7.05 Å². The topological polar surface area (TPSA) is 65.7 Å². The van der Waals surface area contributed by atoms with Crippen LogP contribution in [0.25, 0.3) is 0 Å². The van der Waals surface area contributed by atoms with Crippen LogP contribution in [-0.2, 0) is 6.54 Å². The van der Waals surface area contributed by atoms with Gasteiger partial charge in [0.25, 0.3) is 0 Å². The van der Waals surface area contributed by atoms with E-state index < -0.39 is 0 Å². The number of nitrogens with one attached hydrogen (secondary N) is 2. The molecule has 0 aliphatic carbocycles. The molecule has 2 rings (SSSR count). The van der Waals surface area contributed by atoms with E-state index in [0.29, 0.717) is 18.4 Å². The standard InChI is InChI=1S/C16H29N5O/c1-5-7-21-8-6-14(11-21)9-18-16(17-4)19-10-15-20-12(2)13(3)22-15/h14H,5-11H2,1-4H3,(H2,17,18,19). The van der Waals surface area contributed by atoms with Gasteiger partial charge in [0.15, 0.2) is 5.96 Å². The third-order valence-electron chi connectivity index (χ3n) is 4.17. The number of likely N-dealkylation sites (tertiary alicyclic amines) is 1. The number of aliphatic imine (C=N–C) groups is 1. The van der Waals surface area contributed by atoms with Gasteiger partial charge in [-0.3, -0.25) is 4.99 Å². The van der Waals surface area contributed by atoms with Gasteiger partial charge in [0.2, 0.25) is 5.89 Å². The molecule has 2 heterocycles. The fourth-order valence-electron chi connectivity index (χ4n) is 2.83. The lowest BCUT2D eigenvalue weighted by Gasteiger charge is -2.16. The van der Waals surface area contributed by atoms with Crippen molar-refractivity contribution < 1.29 is 4.42 Å². The monoisotopic (exact) mass is 307 g/mol. The Kier molecular flexibility index (Phi) is 6.24. The number of guanidine groups is 1. The van der Waals surface area contributed by atoms with Crippen LogP contribution in [0.1, 0.15) is 37.1 Å². The van der Waals surface area contributed by atoms with E-state index in [4.69, 9.17) is 4.42 Å². The van der Waals surface area contributed by atoms with Crippen LogP contribution < -0.4 is 10.6 Å². The quantitative estimate of drug-likeness (QED) is 0.618. The molecule has 0 radical (unpaired) electrons. The summed E-state index contributed by atoms with van der Waals surface area (Å²) in [5.41, 5.74) is 0.946. The van der Waals surface area contributed by atoms with Crippen LogP contribution in [0.2, 0.25) is 0 Å². The van der Waals surface area contributed by atoms with Crippen molar-refractivity contribution in [1.82, 2.24) is 20.5 Å². The summed E-state index contributed by atoms with van der Waals surface area (Å²) in [4.78, 5) is 11.2. The molecule has 0 saturated carbocycles. The summed E-state index contributed by atoms with van der Waals surface area (Å²) < 4.78 is 5.57. The lowest BCUT2D eigenvalue weighted by Crippen LogP contribution is -2.40. The fraction of sp³-hybridized carbons (Fsp3) is 0.750. The molecule has 0 spiro atoms. The lowest BCUT2D eigenvalue weighted by atomic mass is 10.1. The molecule has 6 nitrogen and oxygen atoms in total. The van der Waals surface area contributed by atoms with Gasteiger partial charge < -0.3 is 20.0 Å². The van der Waals surface area contributed by atoms with Crippen LogP contribution in [0.15, 0.2) is 9.41 Å². The highest BCUT2D eigenvalue weighted by atomic mass is 16.4. The minimum absolute atomic E-state index is 0.557. The number of hydrogen-bond acceptors (Lipinski definition) is 4.